The molecule has 3 nitrogen and oxygen atoms in total. The van der Waals surface area contributed by atoms with Crippen LogP contribution in [0.4, 0.5) is 0 Å². The molecule has 1 aliphatic carbocycles. The van der Waals surface area contributed by atoms with Gasteiger partial charge in [-0.1, -0.05) is 31.9 Å². The molecule has 2 rings (SSSR count). The lowest BCUT2D eigenvalue weighted by Crippen LogP contribution is -2.52. The SMILES string of the molecule is COCCOC1C(Br)CC1Oc1ccc(Br)cc1Br. The second kappa shape index (κ2) is 7.41. The number of methoxy groups -OCH3 is 1. The molecule has 19 heavy (non-hydrogen) atoms. The van der Waals surface area contributed by atoms with Crippen LogP contribution in [0.3, 0.4) is 0 Å². The topological polar surface area (TPSA) is 27.7 Å². The van der Waals surface area contributed by atoms with Crippen LogP contribution in [-0.4, -0.2) is 37.4 Å². The summed E-state index contributed by atoms with van der Waals surface area (Å²) >= 11 is 10.5. The first-order chi connectivity index (χ1) is 9.11. The van der Waals surface area contributed by atoms with Crippen LogP contribution in [0, 0.1) is 0 Å². The third-order valence-corrected chi connectivity index (χ3v) is 4.96. The summed E-state index contributed by atoms with van der Waals surface area (Å²) in [6.07, 6.45) is 1.10. The van der Waals surface area contributed by atoms with Crippen molar-refractivity contribution >= 4 is 47.8 Å². The van der Waals surface area contributed by atoms with E-state index in [0.717, 1.165) is 21.1 Å². The van der Waals surface area contributed by atoms with Gasteiger partial charge in [-0.3, -0.25) is 0 Å². The highest BCUT2D eigenvalue weighted by Crippen LogP contribution is 2.37. The van der Waals surface area contributed by atoms with Crippen LogP contribution in [0.1, 0.15) is 6.42 Å². The molecule has 1 aromatic carbocycles. The molecule has 1 fully saturated rings. The predicted molar refractivity (Wildman–Crippen MR) is 85.2 cm³/mol. The Morgan fingerprint density at radius 1 is 1.26 bits per heavy atom. The molecule has 3 unspecified atom stereocenters. The van der Waals surface area contributed by atoms with E-state index in [1.165, 1.54) is 0 Å². The number of benzene rings is 1. The molecule has 0 radical (unpaired) electrons. The molecule has 0 heterocycles. The van der Waals surface area contributed by atoms with Gasteiger partial charge in [0.15, 0.2) is 0 Å². The summed E-state index contributed by atoms with van der Waals surface area (Å²) in [7, 11) is 1.67. The Balaban J connectivity index is 1.91. The molecule has 1 aromatic rings. The van der Waals surface area contributed by atoms with Crippen LogP contribution in [0.2, 0.25) is 0 Å². The highest BCUT2D eigenvalue weighted by molar-refractivity contribution is 9.11. The van der Waals surface area contributed by atoms with E-state index in [1.54, 1.807) is 7.11 Å². The van der Waals surface area contributed by atoms with Gasteiger partial charge in [0.05, 0.1) is 17.7 Å². The molecule has 1 saturated carbocycles. The summed E-state index contributed by atoms with van der Waals surface area (Å²) in [5.41, 5.74) is 0. The van der Waals surface area contributed by atoms with E-state index in [0.29, 0.717) is 18.0 Å². The summed E-state index contributed by atoms with van der Waals surface area (Å²) in [6.45, 7) is 1.19. The quantitative estimate of drug-likeness (QED) is 0.473. The number of alkyl halides is 1. The van der Waals surface area contributed by atoms with Crippen LogP contribution in [-0.2, 0) is 9.47 Å². The fourth-order valence-electron chi connectivity index (χ4n) is 1.86. The van der Waals surface area contributed by atoms with Gasteiger partial charge in [-0.25, -0.2) is 0 Å². The monoisotopic (exact) mass is 456 g/mol. The van der Waals surface area contributed by atoms with E-state index in [1.807, 2.05) is 18.2 Å². The van der Waals surface area contributed by atoms with E-state index in [4.69, 9.17) is 14.2 Å². The lowest BCUT2D eigenvalue weighted by molar-refractivity contribution is -0.0867. The zero-order chi connectivity index (χ0) is 13.8. The standard InChI is InChI=1S/C13H15Br3O3/c1-17-4-5-18-13-10(16)7-12(13)19-11-3-2-8(14)6-9(11)15/h2-3,6,10,12-13H,4-5,7H2,1H3. The smallest absolute Gasteiger partial charge is 0.134 e. The van der Waals surface area contributed by atoms with E-state index in [9.17, 15) is 0 Å². The maximum atomic E-state index is 5.99. The maximum absolute atomic E-state index is 5.99. The largest absolute Gasteiger partial charge is 0.486 e. The minimum atomic E-state index is 0.0747. The minimum Gasteiger partial charge on any atom is -0.486 e. The number of hydrogen-bond acceptors (Lipinski definition) is 3. The van der Waals surface area contributed by atoms with Crippen LogP contribution in [0.15, 0.2) is 27.1 Å². The van der Waals surface area contributed by atoms with Gasteiger partial charge in [-0.05, 0) is 34.1 Å². The number of hydrogen-bond donors (Lipinski definition) is 0. The minimum absolute atomic E-state index is 0.0747. The Bertz CT molecular complexity index is 428. The van der Waals surface area contributed by atoms with Crippen molar-refractivity contribution in [1.82, 2.24) is 0 Å². The zero-order valence-electron chi connectivity index (χ0n) is 10.4. The van der Waals surface area contributed by atoms with E-state index in [-0.39, 0.29) is 12.2 Å². The van der Waals surface area contributed by atoms with Gasteiger partial charge in [0.25, 0.3) is 0 Å². The van der Waals surface area contributed by atoms with Gasteiger partial charge in [-0.2, -0.15) is 0 Å². The molecule has 1 aliphatic rings. The third kappa shape index (κ3) is 4.17. The maximum Gasteiger partial charge on any atom is 0.134 e. The summed E-state index contributed by atoms with van der Waals surface area (Å²) in [5, 5.41) is 0. The Morgan fingerprint density at radius 2 is 2.05 bits per heavy atom. The fourth-order valence-corrected chi connectivity index (χ4v) is 3.86. The molecule has 0 amide bonds. The molecular weight excluding hydrogens is 444 g/mol. The van der Waals surface area contributed by atoms with Gasteiger partial charge >= 0.3 is 0 Å². The molecule has 0 saturated heterocycles. The Hall–Kier alpha value is 0.380. The molecule has 0 aliphatic heterocycles. The fraction of sp³-hybridized carbons (Fsp3) is 0.538. The number of halogens is 3. The molecule has 0 spiro atoms. The van der Waals surface area contributed by atoms with Crippen LogP contribution >= 0.6 is 47.8 Å². The summed E-state index contributed by atoms with van der Waals surface area (Å²) in [5.74, 6) is 0.841. The highest BCUT2D eigenvalue weighted by atomic mass is 79.9. The van der Waals surface area contributed by atoms with Crippen molar-refractivity contribution in [1.29, 1.82) is 0 Å². The van der Waals surface area contributed by atoms with Crippen molar-refractivity contribution < 1.29 is 14.2 Å². The van der Waals surface area contributed by atoms with E-state index < -0.39 is 0 Å². The van der Waals surface area contributed by atoms with Crippen molar-refractivity contribution in [2.24, 2.45) is 0 Å². The number of ether oxygens (including phenoxy) is 3. The van der Waals surface area contributed by atoms with Crippen LogP contribution in [0.5, 0.6) is 5.75 Å². The molecule has 0 aromatic heterocycles. The first kappa shape index (κ1) is 15.8. The number of rotatable bonds is 6. The summed E-state index contributed by atoms with van der Waals surface area (Å²) in [6, 6.07) is 5.88. The lowest BCUT2D eigenvalue weighted by atomic mass is 9.91. The molecule has 0 bridgehead atoms. The highest BCUT2D eigenvalue weighted by Gasteiger charge is 2.42. The Labute approximate surface area is 138 Å². The average molecular weight is 459 g/mol. The molecule has 3 atom stereocenters. The first-order valence-electron chi connectivity index (χ1n) is 5.98. The van der Waals surface area contributed by atoms with Gasteiger partial charge < -0.3 is 14.2 Å². The predicted octanol–water partition coefficient (Wildman–Crippen LogP) is 4.16. The molecule has 0 N–H and O–H groups in total. The summed E-state index contributed by atoms with van der Waals surface area (Å²) in [4.78, 5) is 0.351. The van der Waals surface area contributed by atoms with Crippen molar-refractivity contribution in [3.63, 3.8) is 0 Å². The first-order valence-corrected chi connectivity index (χ1v) is 8.48. The van der Waals surface area contributed by atoms with Crippen LogP contribution < -0.4 is 4.74 Å². The van der Waals surface area contributed by atoms with Gasteiger partial charge in [-0.15, -0.1) is 0 Å². The van der Waals surface area contributed by atoms with E-state index >= 15 is 0 Å². The normalized spacial score (nSPS) is 26.0. The van der Waals surface area contributed by atoms with Crippen molar-refractivity contribution in [3.8, 4) is 5.75 Å². The van der Waals surface area contributed by atoms with Crippen LogP contribution in [0.25, 0.3) is 0 Å². The van der Waals surface area contributed by atoms with Crippen molar-refractivity contribution in [2.75, 3.05) is 20.3 Å². The average Bonchev–Trinajstić information content (AvgIpc) is 2.37. The Morgan fingerprint density at radius 3 is 2.68 bits per heavy atom. The van der Waals surface area contributed by atoms with Gasteiger partial charge in [0.1, 0.15) is 18.0 Å². The molecular formula is C13H15Br3O3. The zero-order valence-corrected chi connectivity index (χ0v) is 15.2. The second-order valence-corrected chi connectivity index (χ2v) is 7.26. The van der Waals surface area contributed by atoms with Gasteiger partial charge in [0, 0.05) is 22.8 Å². The lowest BCUT2D eigenvalue weighted by Gasteiger charge is -2.41. The van der Waals surface area contributed by atoms with Crippen molar-refractivity contribution in [3.05, 3.63) is 27.1 Å². The third-order valence-electron chi connectivity index (χ3n) is 2.95. The van der Waals surface area contributed by atoms with E-state index in [2.05, 4.69) is 47.8 Å². The Kier molecular flexibility index (Phi) is 6.14. The summed E-state index contributed by atoms with van der Waals surface area (Å²) < 4.78 is 18.7. The molecule has 6 heteroatoms. The second-order valence-electron chi connectivity index (χ2n) is 4.31. The van der Waals surface area contributed by atoms with Gasteiger partial charge in [0.2, 0.25) is 0 Å². The van der Waals surface area contributed by atoms with Crippen molar-refractivity contribution in [2.45, 2.75) is 23.5 Å². The molecule has 106 valence electrons.